The van der Waals surface area contributed by atoms with Crippen molar-refractivity contribution in [2.45, 2.75) is 13.8 Å². The molecule has 0 aliphatic heterocycles. The van der Waals surface area contributed by atoms with Crippen molar-refractivity contribution >= 4 is 33.2 Å². The summed E-state index contributed by atoms with van der Waals surface area (Å²) in [6.45, 7) is 3.85. The molecule has 0 spiro atoms. The summed E-state index contributed by atoms with van der Waals surface area (Å²) < 4.78 is 6.13. The van der Waals surface area contributed by atoms with Gasteiger partial charge in [-0.25, -0.2) is 4.79 Å². The Labute approximate surface area is 188 Å². The summed E-state index contributed by atoms with van der Waals surface area (Å²) in [6.07, 6.45) is 2.02. The van der Waals surface area contributed by atoms with Crippen LogP contribution in [0.5, 0.6) is 11.5 Å². The fourth-order valence-corrected chi connectivity index (χ4v) is 4.89. The third-order valence-corrected chi connectivity index (χ3v) is 6.30. The summed E-state index contributed by atoms with van der Waals surface area (Å²) in [6, 6.07) is 18.0. The van der Waals surface area contributed by atoms with E-state index in [4.69, 9.17) is 9.84 Å². The van der Waals surface area contributed by atoms with Crippen molar-refractivity contribution in [3.05, 3.63) is 94.6 Å². The number of carboxylic acid groups (broad SMARTS) is 1. The lowest BCUT2D eigenvalue weighted by Crippen LogP contribution is -2.05. The molecule has 32 heavy (non-hydrogen) atoms. The minimum absolute atomic E-state index is 0.0546. The number of hydrogen-bond acceptors (Lipinski definition) is 5. The van der Waals surface area contributed by atoms with Crippen LogP contribution in [0.4, 0.5) is 0 Å². The lowest BCUT2D eigenvalue weighted by atomic mass is 9.94. The fraction of sp³-hybridized carbons (Fsp3) is 0.0769. The second-order valence-corrected chi connectivity index (χ2v) is 8.42. The van der Waals surface area contributed by atoms with Crippen molar-refractivity contribution in [2.75, 3.05) is 0 Å². The van der Waals surface area contributed by atoms with E-state index in [-0.39, 0.29) is 11.5 Å². The van der Waals surface area contributed by atoms with Gasteiger partial charge in [-0.2, -0.15) is 0 Å². The Hall–Kier alpha value is -3.90. The molecule has 3 aromatic carbocycles. The Kier molecular flexibility index (Phi) is 5.79. The van der Waals surface area contributed by atoms with Crippen LogP contribution in [0, 0.1) is 13.8 Å². The summed E-state index contributed by atoms with van der Waals surface area (Å²) >= 11 is 1.36. The van der Waals surface area contributed by atoms with Crippen LogP contribution in [-0.4, -0.2) is 22.0 Å². The molecular formula is C26H20O5S. The smallest absolute Gasteiger partial charge is 0.331 e. The molecule has 1 aromatic heterocycles. The standard InChI is InChI=1S/C26H20O5S/c1-15-4-3-5-16(2)23(15)25(30)26-24(20-11-8-18(27)14-21(20)32-26)17-6-9-19(10-7-17)31-13-12-22(28)29/h3-14,27H,1-2H3,(H,28,29)/b13-12+. The number of fused-ring (bicyclic) bond motifs is 1. The van der Waals surface area contributed by atoms with Crippen molar-refractivity contribution in [3.8, 4) is 22.6 Å². The van der Waals surface area contributed by atoms with Crippen molar-refractivity contribution in [3.63, 3.8) is 0 Å². The number of hydrogen-bond donors (Lipinski definition) is 2. The highest BCUT2D eigenvalue weighted by Crippen LogP contribution is 2.42. The average molecular weight is 445 g/mol. The van der Waals surface area contributed by atoms with Crippen LogP contribution >= 0.6 is 11.3 Å². The lowest BCUT2D eigenvalue weighted by molar-refractivity contribution is -0.131. The van der Waals surface area contributed by atoms with Crippen LogP contribution in [0.3, 0.4) is 0 Å². The normalized spacial score (nSPS) is 11.2. The molecule has 4 rings (SSSR count). The first-order chi connectivity index (χ1) is 15.3. The summed E-state index contributed by atoms with van der Waals surface area (Å²) in [7, 11) is 0. The highest BCUT2D eigenvalue weighted by molar-refractivity contribution is 7.21. The van der Waals surface area contributed by atoms with Gasteiger partial charge in [0.15, 0.2) is 0 Å². The third-order valence-electron chi connectivity index (χ3n) is 5.15. The number of benzene rings is 3. The number of aliphatic carboxylic acids is 1. The monoisotopic (exact) mass is 444 g/mol. The van der Waals surface area contributed by atoms with Gasteiger partial charge in [0.05, 0.1) is 17.2 Å². The Bertz CT molecular complexity index is 1340. The molecule has 0 unspecified atom stereocenters. The maximum absolute atomic E-state index is 13.7. The zero-order valence-electron chi connectivity index (χ0n) is 17.5. The van der Waals surface area contributed by atoms with E-state index in [1.807, 2.05) is 50.2 Å². The van der Waals surface area contributed by atoms with Gasteiger partial charge in [0.1, 0.15) is 11.5 Å². The Morgan fingerprint density at radius 3 is 2.31 bits per heavy atom. The number of thiophene rings is 1. The van der Waals surface area contributed by atoms with E-state index in [0.29, 0.717) is 16.2 Å². The average Bonchev–Trinajstić information content (AvgIpc) is 3.12. The molecule has 0 amide bonds. The lowest BCUT2D eigenvalue weighted by Gasteiger charge is -2.10. The molecule has 0 bridgehead atoms. The number of carbonyl (C=O) groups excluding carboxylic acids is 1. The summed E-state index contributed by atoms with van der Waals surface area (Å²) in [4.78, 5) is 24.9. The maximum Gasteiger partial charge on any atom is 0.331 e. The number of phenols is 1. The molecule has 0 fully saturated rings. The number of carboxylic acids is 1. The first-order valence-corrected chi connectivity index (χ1v) is 10.7. The Morgan fingerprint density at radius 2 is 1.66 bits per heavy atom. The molecule has 4 aromatic rings. The van der Waals surface area contributed by atoms with E-state index in [9.17, 15) is 14.7 Å². The highest BCUT2D eigenvalue weighted by atomic mass is 32.1. The number of phenolic OH excluding ortho intramolecular Hbond substituents is 1. The predicted molar refractivity (Wildman–Crippen MR) is 126 cm³/mol. The van der Waals surface area contributed by atoms with Crippen molar-refractivity contribution in [1.82, 2.24) is 0 Å². The summed E-state index contributed by atoms with van der Waals surface area (Å²) in [5.74, 6) is -0.526. The van der Waals surface area contributed by atoms with Crippen LogP contribution in [0.25, 0.3) is 21.2 Å². The molecule has 0 atom stereocenters. The molecule has 0 radical (unpaired) electrons. The number of rotatable bonds is 6. The van der Waals surface area contributed by atoms with Crippen molar-refractivity contribution in [1.29, 1.82) is 0 Å². The van der Waals surface area contributed by atoms with E-state index in [1.54, 1.807) is 24.3 Å². The largest absolute Gasteiger partial charge is 0.508 e. The van der Waals surface area contributed by atoms with Gasteiger partial charge in [-0.15, -0.1) is 11.3 Å². The van der Waals surface area contributed by atoms with Crippen LogP contribution in [0.1, 0.15) is 26.4 Å². The Morgan fingerprint density at radius 1 is 0.969 bits per heavy atom. The van der Waals surface area contributed by atoms with Crippen molar-refractivity contribution in [2.24, 2.45) is 0 Å². The summed E-state index contributed by atoms with van der Waals surface area (Å²) in [5, 5.41) is 19.5. The topological polar surface area (TPSA) is 83.8 Å². The number of aryl methyl sites for hydroxylation is 2. The fourth-order valence-electron chi connectivity index (χ4n) is 3.69. The first kappa shape index (κ1) is 21.3. The maximum atomic E-state index is 13.7. The van der Waals surface area contributed by atoms with E-state index in [0.717, 1.165) is 44.7 Å². The van der Waals surface area contributed by atoms with Crippen LogP contribution < -0.4 is 4.74 Å². The van der Waals surface area contributed by atoms with Crippen LogP contribution in [0.2, 0.25) is 0 Å². The van der Waals surface area contributed by atoms with E-state index < -0.39 is 5.97 Å². The van der Waals surface area contributed by atoms with E-state index in [1.165, 1.54) is 11.3 Å². The van der Waals surface area contributed by atoms with Gasteiger partial charge in [0, 0.05) is 21.2 Å². The molecule has 1 heterocycles. The molecule has 0 aliphatic rings. The second-order valence-electron chi connectivity index (χ2n) is 7.37. The number of ketones is 1. The number of aromatic hydroxyl groups is 1. The first-order valence-electron chi connectivity index (χ1n) is 9.88. The van der Waals surface area contributed by atoms with Crippen LogP contribution in [0.15, 0.2) is 73.0 Å². The van der Waals surface area contributed by atoms with Gasteiger partial charge in [-0.3, -0.25) is 4.79 Å². The summed E-state index contributed by atoms with van der Waals surface area (Å²) in [5.41, 5.74) is 4.13. The molecule has 0 saturated carbocycles. The van der Waals surface area contributed by atoms with Gasteiger partial charge in [0.2, 0.25) is 5.78 Å². The van der Waals surface area contributed by atoms with Gasteiger partial charge >= 0.3 is 5.97 Å². The molecular weight excluding hydrogens is 424 g/mol. The third kappa shape index (κ3) is 4.13. The molecule has 6 heteroatoms. The Balaban J connectivity index is 1.84. The van der Waals surface area contributed by atoms with Gasteiger partial charge in [-0.05, 0) is 60.9 Å². The minimum Gasteiger partial charge on any atom is -0.508 e. The SMILES string of the molecule is Cc1cccc(C)c1C(=O)c1sc2cc(O)ccc2c1-c1ccc(O/C=C/C(=O)O)cc1. The molecule has 2 N–H and O–H groups in total. The van der Waals surface area contributed by atoms with Crippen LogP contribution in [-0.2, 0) is 4.79 Å². The van der Waals surface area contributed by atoms with Gasteiger partial charge < -0.3 is 14.9 Å². The van der Waals surface area contributed by atoms with Gasteiger partial charge in [0.25, 0.3) is 0 Å². The highest BCUT2D eigenvalue weighted by Gasteiger charge is 2.23. The minimum atomic E-state index is -1.09. The predicted octanol–water partition coefficient (Wildman–Crippen LogP) is 6.10. The zero-order chi connectivity index (χ0) is 22.8. The van der Waals surface area contributed by atoms with E-state index in [2.05, 4.69) is 0 Å². The van der Waals surface area contributed by atoms with Crippen molar-refractivity contribution < 1.29 is 24.5 Å². The number of ether oxygens (including phenoxy) is 1. The molecule has 5 nitrogen and oxygen atoms in total. The molecule has 160 valence electrons. The second kappa shape index (κ2) is 8.69. The number of carbonyl (C=O) groups is 2. The van der Waals surface area contributed by atoms with E-state index >= 15 is 0 Å². The molecule has 0 aliphatic carbocycles. The molecule has 0 saturated heterocycles. The zero-order valence-corrected chi connectivity index (χ0v) is 18.3. The van der Waals surface area contributed by atoms with Gasteiger partial charge in [-0.1, -0.05) is 30.3 Å². The quantitative estimate of drug-likeness (QED) is 0.213.